The highest BCUT2D eigenvalue weighted by molar-refractivity contribution is 5.76. The van der Waals surface area contributed by atoms with E-state index in [2.05, 4.69) is 51.8 Å². The van der Waals surface area contributed by atoms with Crippen LogP contribution in [0.5, 0.6) is 0 Å². The number of amides is 1. The number of hydrogen-bond donors (Lipinski definition) is 1. The predicted molar refractivity (Wildman–Crippen MR) is 156 cm³/mol. The van der Waals surface area contributed by atoms with Crippen LogP contribution in [0.2, 0.25) is 0 Å². The molecule has 0 radical (unpaired) electrons. The summed E-state index contributed by atoms with van der Waals surface area (Å²) in [7, 11) is 4.08. The summed E-state index contributed by atoms with van der Waals surface area (Å²) >= 11 is 0. The second-order valence-corrected chi connectivity index (χ2v) is 16.5. The van der Waals surface area contributed by atoms with E-state index in [1.54, 1.807) is 0 Å². The van der Waals surface area contributed by atoms with E-state index in [0.29, 0.717) is 58.0 Å². The van der Waals surface area contributed by atoms with Crippen molar-refractivity contribution in [2.75, 3.05) is 27.2 Å². The number of nitrogens with zero attached hydrogens (tertiary/aromatic N) is 1. The Morgan fingerprint density at radius 3 is 2.33 bits per heavy atom. The first-order valence-corrected chi connectivity index (χ1v) is 16.5. The fraction of sp³-hybridized carbons (Fsp3) is 0.971. The molecule has 39 heavy (non-hydrogen) atoms. The van der Waals surface area contributed by atoms with Gasteiger partial charge in [-0.25, -0.2) is 0 Å². The van der Waals surface area contributed by atoms with E-state index >= 15 is 0 Å². The van der Waals surface area contributed by atoms with E-state index in [4.69, 9.17) is 9.47 Å². The second kappa shape index (κ2) is 9.43. The Hall–Kier alpha value is -0.650. The van der Waals surface area contributed by atoms with Gasteiger partial charge in [0.1, 0.15) is 0 Å². The van der Waals surface area contributed by atoms with E-state index in [1.807, 2.05) is 14.1 Å². The summed E-state index contributed by atoms with van der Waals surface area (Å²) in [6.07, 6.45) is 13.4. The molecule has 6 rings (SSSR count). The number of carbonyl (C=O) groups excluding carboxylic acids is 1. The zero-order valence-electron chi connectivity index (χ0n) is 26.4. The van der Waals surface area contributed by atoms with Crippen molar-refractivity contribution in [1.82, 2.24) is 10.2 Å². The van der Waals surface area contributed by atoms with Crippen LogP contribution in [0.1, 0.15) is 112 Å². The molecular formula is C34H58N2O3. The van der Waals surface area contributed by atoms with Crippen molar-refractivity contribution < 1.29 is 14.3 Å². The molecule has 0 unspecified atom stereocenters. The Morgan fingerprint density at radius 2 is 1.64 bits per heavy atom. The monoisotopic (exact) mass is 542 g/mol. The molecule has 6 fully saturated rings. The molecule has 0 aromatic carbocycles. The second-order valence-electron chi connectivity index (χ2n) is 16.5. The van der Waals surface area contributed by atoms with E-state index < -0.39 is 0 Å². The van der Waals surface area contributed by atoms with Crippen LogP contribution < -0.4 is 5.32 Å². The Bertz CT molecular complexity index is 960. The lowest BCUT2D eigenvalue weighted by molar-refractivity contribution is -0.279. The van der Waals surface area contributed by atoms with Crippen molar-refractivity contribution in [3.8, 4) is 0 Å². The van der Waals surface area contributed by atoms with Gasteiger partial charge in [0.05, 0.1) is 12.7 Å². The van der Waals surface area contributed by atoms with E-state index in [1.165, 1.54) is 51.4 Å². The maximum absolute atomic E-state index is 12.6. The van der Waals surface area contributed by atoms with Gasteiger partial charge in [0.15, 0.2) is 5.79 Å². The number of fused-ring (bicyclic) bond motifs is 7. The molecule has 4 saturated carbocycles. The maximum Gasteiger partial charge on any atom is 0.221 e. The number of rotatable bonds is 4. The molecular weight excluding hydrogens is 484 g/mol. The third kappa shape index (κ3) is 3.98. The van der Waals surface area contributed by atoms with Crippen molar-refractivity contribution in [2.45, 2.75) is 130 Å². The number of ether oxygens (including phenoxy) is 2. The van der Waals surface area contributed by atoms with Gasteiger partial charge in [-0.15, -0.1) is 0 Å². The van der Waals surface area contributed by atoms with Crippen molar-refractivity contribution in [1.29, 1.82) is 0 Å². The molecule has 1 N–H and O–H groups in total. The van der Waals surface area contributed by atoms with Gasteiger partial charge in [0.2, 0.25) is 5.91 Å². The lowest BCUT2D eigenvalue weighted by atomic mass is 9.35. The average molecular weight is 543 g/mol. The minimum Gasteiger partial charge on any atom is -0.353 e. The number of hydrogen-bond acceptors (Lipinski definition) is 4. The Kier molecular flexibility index (Phi) is 6.88. The van der Waals surface area contributed by atoms with Crippen molar-refractivity contribution >= 4 is 5.91 Å². The molecule has 2 heterocycles. The Balaban J connectivity index is 1.20. The maximum atomic E-state index is 12.6. The van der Waals surface area contributed by atoms with Gasteiger partial charge >= 0.3 is 0 Å². The van der Waals surface area contributed by atoms with Crippen LogP contribution in [-0.2, 0) is 14.3 Å². The zero-order chi connectivity index (χ0) is 28.0. The molecule has 1 amide bonds. The van der Waals surface area contributed by atoms with Gasteiger partial charge in [-0.3, -0.25) is 4.79 Å². The Labute approximate surface area is 238 Å². The predicted octanol–water partition coefficient (Wildman–Crippen LogP) is 6.65. The normalized spacial score (nSPS) is 54.6. The van der Waals surface area contributed by atoms with Crippen molar-refractivity contribution in [3.05, 3.63) is 0 Å². The van der Waals surface area contributed by atoms with Gasteiger partial charge in [-0.05, 0) is 117 Å². The standard InChI is InChI=1S/C34H58N2O3/c1-22-11-15-34(38-21-22)23(2)29-26(39-34)20-33(6)27-10-9-24-19-25(35-28(37)13-18-36(7)8)12-14-30(24,3)31(27,4)16-17-32(29,33)5/h22-27,29H,9-21H2,1-8H3,(H,35,37)/t22-,23-,24+,25-,26-,27+,29-,30-,31-,32+,33-,34+/m0/s1. The van der Waals surface area contributed by atoms with Gasteiger partial charge in [-0.1, -0.05) is 41.5 Å². The van der Waals surface area contributed by atoms with Crippen molar-refractivity contribution in [2.24, 2.45) is 51.2 Å². The number of carbonyl (C=O) groups is 1. The van der Waals surface area contributed by atoms with Crippen LogP contribution in [0.3, 0.4) is 0 Å². The molecule has 4 aliphatic carbocycles. The summed E-state index contributed by atoms with van der Waals surface area (Å²) in [5.74, 6) is 3.12. The molecule has 0 bridgehead atoms. The molecule has 0 aromatic rings. The largest absolute Gasteiger partial charge is 0.353 e. The molecule has 2 saturated heterocycles. The molecule has 1 spiro atoms. The van der Waals surface area contributed by atoms with Gasteiger partial charge < -0.3 is 19.7 Å². The summed E-state index contributed by atoms with van der Waals surface area (Å²) in [4.78, 5) is 14.7. The zero-order valence-corrected chi connectivity index (χ0v) is 26.4. The topological polar surface area (TPSA) is 50.8 Å². The quantitative estimate of drug-likeness (QED) is 0.432. The fourth-order valence-corrected chi connectivity index (χ4v) is 12.0. The van der Waals surface area contributed by atoms with Crippen LogP contribution in [-0.4, -0.2) is 56.0 Å². The van der Waals surface area contributed by atoms with Crippen molar-refractivity contribution in [3.63, 3.8) is 0 Å². The highest BCUT2D eigenvalue weighted by atomic mass is 16.7. The summed E-state index contributed by atoms with van der Waals surface area (Å²) in [6.45, 7) is 17.2. The van der Waals surface area contributed by atoms with Crippen LogP contribution in [0.25, 0.3) is 0 Å². The molecule has 5 nitrogen and oxygen atoms in total. The van der Waals surface area contributed by atoms with Crippen LogP contribution in [0.4, 0.5) is 0 Å². The summed E-state index contributed by atoms with van der Waals surface area (Å²) in [5, 5.41) is 3.43. The van der Waals surface area contributed by atoms with Crippen LogP contribution in [0.15, 0.2) is 0 Å². The molecule has 2 aliphatic heterocycles. The lowest BCUT2D eigenvalue weighted by Crippen LogP contribution is -2.64. The first-order valence-electron chi connectivity index (χ1n) is 16.5. The van der Waals surface area contributed by atoms with Gasteiger partial charge in [0, 0.05) is 31.3 Å². The first-order chi connectivity index (χ1) is 18.3. The van der Waals surface area contributed by atoms with E-state index in [0.717, 1.165) is 37.8 Å². The van der Waals surface area contributed by atoms with Crippen LogP contribution in [0, 0.1) is 51.2 Å². The fourth-order valence-electron chi connectivity index (χ4n) is 12.0. The van der Waals surface area contributed by atoms with Gasteiger partial charge in [0.25, 0.3) is 0 Å². The molecule has 0 aromatic heterocycles. The van der Waals surface area contributed by atoms with Crippen LogP contribution >= 0.6 is 0 Å². The lowest BCUT2D eigenvalue weighted by Gasteiger charge is -2.70. The molecule has 6 aliphatic rings. The SMILES string of the molecule is C[C@H]1CC[C@@]2(OC1)O[C@H]1C[C@@]3(C)[C@@H]4CC[C@@H]5C[C@@H](NC(=O)CCN(C)C)CC[C@]5(C)[C@@]4(C)CC[C@]3(C)[C@H]1[C@@H]2C. The molecule has 5 heteroatoms. The third-order valence-corrected chi connectivity index (χ3v) is 14.7. The summed E-state index contributed by atoms with van der Waals surface area (Å²) < 4.78 is 13.6. The highest BCUT2D eigenvalue weighted by Crippen LogP contribution is 2.79. The average Bonchev–Trinajstić information content (AvgIpc) is 3.27. The smallest absolute Gasteiger partial charge is 0.221 e. The minimum absolute atomic E-state index is 0.235. The van der Waals surface area contributed by atoms with E-state index in [-0.39, 0.29) is 11.7 Å². The third-order valence-electron chi connectivity index (χ3n) is 14.7. The van der Waals surface area contributed by atoms with Gasteiger partial charge in [-0.2, -0.15) is 0 Å². The summed E-state index contributed by atoms with van der Waals surface area (Å²) in [5.41, 5.74) is 1.36. The molecule has 222 valence electrons. The minimum atomic E-state index is -0.327. The van der Waals surface area contributed by atoms with E-state index in [9.17, 15) is 4.79 Å². The summed E-state index contributed by atoms with van der Waals surface area (Å²) in [6, 6.07) is 0.358. The Morgan fingerprint density at radius 1 is 0.897 bits per heavy atom. The number of nitrogens with one attached hydrogen (secondary N) is 1. The molecule has 12 atom stereocenters. The highest BCUT2D eigenvalue weighted by Gasteiger charge is 2.75. The first kappa shape index (κ1) is 28.5.